The number of halogens is 1. The van der Waals surface area contributed by atoms with Crippen molar-refractivity contribution >= 4 is 21.8 Å². The summed E-state index contributed by atoms with van der Waals surface area (Å²) in [6.07, 6.45) is 7.11. The highest BCUT2D eigenvalue weighted by molar-refractivity contribution is 9.10. The molecule has 136 valence electrons. The number of para-hydroxylation sites is 1. The molecule has 2 heterocycles. The van der Waals surface area contributed by atoms with Crippen molar-refractivity contribution in [1.29, 1.82) is 0 Å². The Labute approximate surface area is 161 Å². The lowest BCUT2D eigenvalue weighted by Gasteiger charge is -2.26. The number of hydrazine groups is 1. The van der Waals surface area contributed by atoms with Crippen LogP contribution in [0, 0.1) is 0 Å². The van der Waals surface area contributed by atoms with Gasteiger partial charge in [-0.3, -0.25) is 10.2 Å². The molecule has 2 fully saturated rings. The average Bonchev–Trinajstić information content (AvgIpc) is 3.36. The molecule has 26 heavy (non-hydrogen) atoms. The topological polar surface area (TPSA) is 50.2 Å². The first-order chi connectivity index (χ1) is 12.7. The van der Waals surface area contributed by atoms with Crippen LogP contribution in [0.15, 0.2) is 28.7 Å². The zero-order chi connectivity index (χ0) is 17.7. The molecule has 2 unspecified atom stereocenters. The summed E-state index contributed by atoms with van der Waals surface area (Å²) >= 11 is 3.65. The fourth-order valence-electron chi connectivity index (χ4n) is 4.91. The molecule has 2 aliphatic carbocycles. The summed E-state index contributed by atoms with van der Waals surface area (Å²) in [6.45, 7) is 1.87. The van der Waals surface area contributed by atoms with Crippen molar-refractivity contribution in [3.63, 3.8) is 0 Å². The Morgan fingerprint density at radius 1 is 1.12 bits per heavy atom. The van der Waals surface area contributed by atoms with Crippen molar-refractivity contribution in [3.05, 3.63) is 45.7 Å². The molecule has 1 amide bonds. The number of hydrogen-bond donors (Lipinski definition) is 1. The summed E-state index contributed by atoms with van der Waals surface area (Å²) in [5.41, 5.74) is 7.23. The van der Waals surface area contributed by atoms with E-state index < -0.39 is 0 Å². The molecule has 1 aromatic heterocycles. The third-order valence-electron chi connectivity index (χ3n) is 6.10. The zero-order valence-corrected chi connectivity index (χ0v) is 16.3. The Kier molecular flexibility index (Phi) is 4.13. The first-order valence-electron chi connectivity index (χ1n) is 9.66. The lowest BCUT2D eigenvalue weighted by atomic mass is 9.95. The highest BCUT2D eigenvalue weighted by Gasteiger charge is 2.44. The van der Waals surface area contributed by atoms with E-state index in [9.17, 15) is 4.79 Å². The maximum atomic E-state index is 13.0. The summed E-state index contributed by atoms with van der Waals surface area (Å²) in [7, 11) is 0. The number of nitrogens with zero attached hydrogens (tertiary/aromatic N) is 3. The minimum atomic E-state index is -0.0403. The van der Waals surface area contributed by atoms with Crippen LogP contribution in [0.1, 0.15) is 72.1 Å². The fourth-order valence-corrected chi connectivity index (χ4v) is 5.36. The Hall–Kier alpha value is -1.66. The van der Waals surface area contributed by atoms with E-state index in [-0.39, 0.29) is 5.91 Å². The third-order valence-corrected chi connectivity index (χ3v) is 6.77. The van der Waals surface area contributed by atoms with E-state index in [1.165, 1.54) is 36.9 Å². The molecule has 1 saturated heterocycles. The van der Waals surface area contributed by atoms with E-state index in [0.29, 0.717) is 17.5 Å². The maximum Gasteiger partial charge on any atom is 0.286 e. The summed E-state index contributed by atoms with van der Waals surface area (Å²) in [4.78, 5) is 13.0. The van der Waals surface area contributed by atoms with E-state index in [2.05, 4.69) is 32.4 Å². The maximum absolute atomic E-state index is 13.0. The van der Waals surface area contributed by atoms with E-state index in [4.69, 9.17) is 5.10 Å². The van der Waals surface area contributed by atoms with Crippen LogP contribution in [-0.4, -0.2) is 33.8 Å². The molecule has 2 aromatic rings. The van der Waals surface area contributed by atoms with Gasteiger partial charge in [0.2, 0.25) is 0 Å². The normalized spacial score (nSPS) is 24.7. The van der Waals surface area contributed by atoms with Gasteiger partial charge in [-0.1, -0.05) is 18.6 Å². The van der Waals surface area contributed by atoms with Gasteiger partial charge in [-0.15, -0.1) is 0 Å². The molecule has 0 radical (unpaired) electrons. The number of aromatic nitrogens is 2. The second-order valence-corrected chi connectivity index (χ2v) is 8.56. The first kappa shape index (κ1) is 16.5. The number of nitrogens with one attached hydrogen (secondary N) is 1. The van der Waals surface area contributed by atoms with Crippen LogP contribution in [0.5, 0.6) is 0 Å². The van der Waals surface area contributed by atoms with Crippen molar-refractivity contribution in [2.45, 2.75) is 50.4 Å². The minimum Gasteiger partial charge on any atom is -0.283 e. The number of piperidine rings is 1. The van der Waals surface area contributed by atoms with Gasteiger partial charge in [0.05, 0.1) is 11.4 Å². The molecule has 3 aliphatic rings. The van der Waals surface area contributed by atoms with Crippen molar-refractivity contribution in [2.75, 3.05) is 13.1 Å². The van der Waals surface area contributed by atoms with Gasteiger partial charge >= 0.3 is 0 Å². The lowest BCUT2D eigenvalue weighted by Crippen LogP contribution is -2.45. The molecule has 1 saturated carbocycles. The monoisotopic (exact) mass is 414 g/mol. The van der Waals surface area contributed by atoms with Crippen LogP contribution >= 0.6 is 15.9 Å². The number of carbonyl (C=O) groups excluding carboxylic acids is 1. The largest absolute Gasteiger partial charge is 0.286 e. The van der Waals surface area contributed by atoms with Gasteiger partial charge in [0.1, 0.15) is 0 Å². The lowest BCUT2D eigenvalue weighted by molar-refractivity contribution is 0.0743. The van der Waals surface area contributed by atoms with Crippen LogP contribution in [0.4, 0.5) is 0 Å². The van der Waals surface area contributed by atoms with Gasteiger partial charge in [0, 0.05) is 29.0 Å². The highest BCUT2D eigenvalue weighted by Crippen LogP contribution is 2.54. The van der Waals surface area contributed by atoms with Crippen molar-refractivity contribution in [1.82, 2.24) is 20.2 Å². The number of hydrogen-bond acceptors (Lipinski definition) is 3. The van der Waals surface area contributed by atoms with Crippen molar-refractivity contribution < 1.29 is 4.79 Å². The Balaban J connectivity index is 1.54. The third kappa shape index (κ3) is 2.62. The zero-order valence-electron chi connectivity index (χ0n) is 14.7. The van der Waals surface area contributed by atoms with E-state index >= 15 is 0 Å². The number of amides is 1. The average molecular weight is 415 g/mol. The predicted octanol–water partition coefficient (Wildman–Crippen LogP) is 4.13. The fraction of sp³-hybridized carbons (Fsp3) is 0.500. The van der Waals surface area contributed by atoms with Gasteiger partial charge in [-0.2, -0.15) is 5.10 Å². The van der Waals surface area contributed by atoms with Crippen LogP contribution < -0.4 is 5.43 Å². The van der Waals surface area contributed by atoms with Crippen molar-refractivity contribution in [3.8, 4) is 5.69 Å². The van der Waals surface area contributed by atoms with E-state index in [0.717, 1.165) is 36.1 Å². The number of benzene rings is 1. The molecule has 2 bridgehead atoms. The Bertz CT molecular complexity index is 855. The molecule has 5 nitrogen and oxygen atoms in total. The van der Waals surface area contributed by atoms with Gasteiger partial charge in [-0.05, 0) is 66.1 Å². The molecule has 1 aliphatic heterocycles. The Morgan fingerprint density at radius 3 is 2.69 bits per heavy atom. The van der Waals surface area contributed by atoms with Crippen LogP contribution in [0.3, 0.4) is 0 Å². The van der Waals surface area contributed by atoms with Crippen molar-refractivity contribution in [2.24, 2.45) is 0 Å². The second kappa shape index (κ2) is 6.50. The summed E-state index contributed by atoms with van der Waals surface area (Å²) in [5, 5.41) is 6.88. The number of fused-ring (bicyclic) bond motifs is 5. The van der Waals surface area contributed by atoms with Crippen LogP contribution in [0.2, 0.25) is 0 Å². The highest BCUT2D eigenvalue weighted by atomic mass is 79.9. The van der Waals surface area contributed by atoms with Gasteiger partial charge in [-0.25, -0.2) is 9.69 Å². The van der Waals surface area contributed by atoms with Crippen LogP contribution in [-0.2, 0) is 0 Å². The standard InChI is InChI=1S/C20H23BrN4O/c21-15-6-2-3-7-16(15)25-19-14-9-8-13(12-14)17(19)18(22-25)20(26)23-24-10-4-1-5-11-24/h2-3,6-7,13-14H,1,4-5,8-12H2,(H,23,26). The minimum absolute atomic E-state index is 0.0403. The van der Waals surface area contributed by atoms with Crippen LogP contribution in [0.25, 0.3) is 5.69 Å². The molecule has 1 N–H and O–H groups in total. The molecular formula is C20H23BrN4O. The van der Waals surface area contributed by atoms with Gasteiger partial charge in [0.25, 0.3) is 5.91 Å². The summed E-state index contributed by atoms with van der Waals surface area (Å²) in [5.74, 6) is 0.987. The van der Waals surface area contributed by atoms with E-state index in [1.807, 2.05) is 22.9 Å². The molecule has 0 spiro atoms. The number of rotatable bonds is 3. The molecule has 5 rings (SSSR count). The molecule has 1 aromatic carbocycles. The molecule has 6 heteroatoms. The molecular weight excluding hydrogens is 392 g/mol. The number of carbonyl (C=O) groups is 1. The Morgan fingerprint density at radius 2 is 1.88 bits per heavy atom. The predicted molar refractivity (Wildman–Crippen MR) is 103 cm³/mol. The van der Waals surface area contributed by atoms with Gasteiger partial charge in [0.15, 0.2) is 5.69 Å². The summed E-state index contributed by atoms with van der Waals surface area (Å²) < 4.78 is 3.03. The van der Waals surface area contributed by atoms with E-state index in [1.54, 1.807) is 0 Å². The quantitative estimate of drug-likeness (QED) is 0.820. The first-order valence-corrected chi connectivity index (χ1v) is 10.5. The molecule has 2 atom stereocenters. The second-order valence-electron chi connectivity index (χ2n) is 7.71. The van der Waals surface area contributed by atoms with Gasteiger partial charge < -0.3 is 0 Å². The SMILES string of the molecule is O=C(NN1CCCCC1)c1nn(-c2ccccc2Br)c2c1C1CCC2C1. The smallest absolute Gasteiger partial charge is 0.283 e. The summed E-state index contributed by atoms with van der Waals surface area (Å²) in [6, 6.07) is 8.13.